The molecule has 126 valence electrons. The Bertz CT molecular complexity index is 503. The first-order valence-corrected chi connectivity index (χ1v) is 8.96. The summed E-state index contributed by atoms with van der Waals surface area (Å²) in [5.41, 5.74) is 0.405. The Morgan fingerprint density at radius 2 is 1.78 bits per heavy atom. The molecule has 1 heterocycles. The molecule has 3 rings (SSSR count). The Hall–Kier alpha value is -1.55. The van der Waals surface area contributed by atoms with Crippen molar-refractivity contribution in [2.24, 2.45) is 0 Å². The number of likely N-dealkylation sites (tertiary alicyclic amines) is 1. The molecule has 4 heteroatoms. The van der Waals surface area contributed by atoms with Gasteiger partial charge in [0, 0.05) is 24.8 Å². The molecular weight excluding hydrogens is 288 g/mol. The van der Waals surface area contributed by atoms with Crippen LogP contribution in [-0.4, -0.2) is 40.6 Å². The van der Waals surface area contributed by atoms with Crippen LogP contribution in [0, 0.1) is 0 Å². The van der Waals surface area contributed by atoms with Gasteiger partial charge in [0.05, 0.1) is 12.0 Å². The average Bonchev–Trinajstić information content (AvgIpc) is 2.57. The van der Waals surface area contributed by atoms with Crippen molar-refractivity contribution in [3.63, 3.8) is 0 Å². The maximum absolute atomic E-state index is 12.5. The third-order valence-corrected chi connectivity index (χ3v) is 5.26. The molecule has 0 unspecified atom stereocenters. The van der Waals surface area contributed by atoms with E-state index in [0.29, 0.717) is 12.5 Å². The van der Waals surface area contributed by atoms with E-state index in [1.165, 1.54) is 6.42 Å². The van der Waals surface area contributed by atoms with Crippen molar-refractivity contribution in [3.8, 4) is 0 Å². The molecule has 0 spiro atoms. The Labute approximate surface area is 138 Å². The minimum absolute atomic E-state index is 0.132. The number of aliphatic hydroxyl groups is 1. The largest absolute Gasteiger partial charge is 0.389 e. The molecule has 0 aromatic heterocycles. The van der Waals surface area contributed by atoms with Crippen LogP contribution >= 0.6 is 0 Å². The number of nitrogens with one attached hydrogen (secondary N) is 1. The molecule has 2 aliphatic rings. The second-order valence-corrected chi connectivity index (χ2v) is 7.13. The number of amides is 1. The van der Waals surface area contributed by atoms with Gasteiger partial charge in [-0.2, -0.15) is 0 Å². The van der Waals surface area contributed by atoms with E-state index in [4.69, 9.17) is 0 Å². The topological polar surface area (TPSA) is 52.6 Å². The number of rotatable bonds is 4. The van der Waals surface area contributed by atoms with Crippen LogP contribution in [0.1, 0.15) is 51.4 Å². The molecule has 1 amide bonds. The SMILES string of the molecule is O=C(CC1(O)CCCCC1)N1CCC(Nc2ccccc2)CC1. The lowest BCUT2D eigenvalue weighted by Crippen LogP contribution is -2.45. The minimum Gasteiger partial charge on any atom is -0.389 e. The molecule has 1 aromatic carbocycles. The predicted octanol–water partition coefficient (Wildman–Crippen LogP) is 3.17. The average molecular weight is 316 g/mol. The molecule has 1 saturated carbocycles. The van der Waals surface area contributed by atoms with Crippen molar-refractivity contribution in [2.75, 3.05) is 18.4 Å². The van der Waals surface area contributed by atoms with Crippen molar-refractivity contribution >= 4 is 11.6 Å². The van der Waals surface area contributed by atoms with E-state index in [0.717, 1.165) is 57.3 Å². The smallest absolute Gasteiger partial charge is 0.225 e. The summed E-state index contributed by atoms with van der Waals surface area (Å²) in [6.45, 7) is 1.58. The number of carbonyl (C=O) groups is 1. The summed E-state index contributed by atoms with van der Waals surface area (Å²) in [6, 6.07) is 10.7. The van der Waals surface area contributed by atoms with E-state index in [1.807, 2.05) is 23.1 Å². The zero-order valence-electron chi connectivity index (χ0n) is 13.8. The van der Waals surface area contributed by atoms with Gasteiger partial charge < -0.3 is 15.3 Å². The number of nitrogens with zero attached hydrogens (tertiary/aromatic N) is 1. The Morgan fingerprint density at radius 3 is 2.43 bits per heavy atom. The molecule has 0 bridgehead atoms. The van der Waals surface area contributed by atoms with Crippen LogP contribution in [0.2, 0.25) is 0 Å². The van der Waals surface area contributed by atoms with Gasteiger partial charge in [-0.05, 0) is 37.8 Å². The third kappa shape index (κ3) is 4.47. The van der Waals surface area contributed by atoms with Crippen molar-refractivity contribution in [1.82, 2.24) is 4.90 Å². The molecule has 1 aliphatic heterocycles. The van der Waals surface area contributed by atoms with Crippen LogP contribution in [0.15, 0.2) is 30.3 Å². The monoisotopic (exact) mass is 316 g/mol. The molecule has 2 N–H and O–H groups in total. The fourth-order valence-corrected chi connectivity index (χ4v) is 3.82. The molecular formula is C19H28N2O2. The predicted molar refractivity (Wildman–Crippen MR) is 92.3 cm³/mol. The number of hydrogen-bond acceptors (Lipinski definition) is 3. The van der Waals surface area contributed by atoms with Crippen molar-refractivity contribution in [1.29, 1.82) is 0 Å². The number of carbonyl (C=O) groups excluding carboxylic acids is 1. The van der Waals surface area contributed by atoms with Gasteiger partial charge in [-0.25, -0.2) is 0 Å². The van der Waals surface area contributed by atoms with Gasteiger partial charge >= 0.3 is 0 Å². The van der Waals surface area contributed by atoms with E-state index >= 15 is 0 Å². The lowest BCUT2D eigenvalue weighted by atomic mass is 9.82. The summed E-state index contributed by atoms with van der Waals surface area (Å²) >= 11 is 0. The van der Waals surface area contributed by atoms with Crippen LogP contribution in [0.3, 0.4) is 0 Å². The van der Waals surface area contributed by atoms with Crippen LogP contribution in [-0.2, 0) is 4.79 Å². The molecule has 0 atom stereocenters. The highest BCUT2D eigenvalue weighted by molar-refractivity contribution is 5.77. The number of anilines is 1. The molecule has 4 nitrogen and oxygen atoms in total. The summed E-state index contributed by atoms with van der Waals surface area (Å²) in [5.74, 6) is 0.132. The van der Waals surface area contributed by atoms with E-state index in [1.54, 1.807) is 0 Å². The quantitative estimate of drug-likeness (QED) is 0.897. The molecule has 0 radical (unpaired) electrons. The van der Waals surface area contributed by atoms with E-state index in [9.17, 15) is 9.90 Å². The van der Waals surface area contributed by atoms with Crippen LogP contribution in [0.5, 0.6) is 0 Å². The summed E-state index contributed by atoms with van der Waals surface area (Å²) in [7, 11) is 0. The number of piperidine rings is 1. The summed E-state index contributed by atoms with van der Waals surface area (Å²) in [6.07, 6.45) is 7.10. The van der Waals surface area contributed by atoms with Crippen molar-refractivity contribution in [2.45, 2.75) is 63.0 Å². The summed E-state index contributed by atoms with van der Waals surface area (Å²) in [4.78, 5) is 14.4. The van der Waals surface area contributed by atoms with Gasteiger partial charge in [0.2, 0.25) is 5.91 Å². The number of hydrogen-bond donors (Lipinski definition) is 2. The van der Waals surface area contributed by atoms with Crippen LogP contribution in [0.25, 0.3) is 0 Å². The van der Waals surface area contributed by atoms with E-state index < -0.39 is 5.60 Å². The zero-order valence-corrected chi connectivity index (χ0v) is 13.8. The lowest BCUT2D eigenvalue weighted by molar-refractivity contribution is -0.138. The number of para-hydroxylation sites is 1. The van der Waals surface area contributed by atoms with Crippen LogP contribution in [0.4, 0.5) is 5.69 Å². The Kier molecular flexibility index (Phi) is 5.21. The van der Waals surface area contributed by atoms with Gasteiger partial charge in [-0.3, -0.25) is 4.79 Å². The second kappa shape index (κ2) is 7.35. The summed E-state index contributed by atoms with van der Waals surface area (Å²) < 4.78 is 0. The van der Waals surface area contributed by atoms with E-state index in [2.05, 4.69) is 17.4 Å². The van der Waals surface area contributed by atoms with Crippen LogP contribution < -0.4 is 5.32 Å². The van der Waals surface area contributed by atoms with Gasteiger partial charge in [0.15, 0.2) is 0 Å². The minimum atomic E-state index is -0.742. The maximum atomic E-state index is 12.5. The second-order valence-electron chi connectivity index (χ2n) is 7.13. The normalized spacial score (nSPS) is 21.9. The molecule has 1 saturated heterocycles. The highest BCUT2D eigenvalue weighted by atomic mass is 16.3. The first-order chi connectivity index (χ1) is 11.1. The fourth-order valence-electron chi connectivity index (χ4n) is 3.82. The first kappa shape index (κ1) is 16.3. The zero-order chi connectivity index (χ0) is 16.1. The number of benzene rings is 1. The highest BCUT2D eigenvalue weighted by Gasteiger charge is 2.34. The van der Waals surface area contributed by atoms with Gasteiger partial charge in [0.1, 0.15) is 0 Å². The Balaban J connectivity index is 1.45. The molecule has 1 aromatic rings. The first-order valence-electron chi connectivity index (χ1n) is 8.96. The maximum Gasteiger partial charge on any atom is 0.225 e. The Morgan fingerprint density at radius 1 is 1.13 bits per heavy atom. The summed E-state index contributed by atoms with van der Waals surface area (Å²) in [5, 5.41) is 14.1. The molecule has 2 fully saturated rings. The van der Waals surface area contributed by atoms with Crippen molar-refractivity contribution in [3.05, 3.63) is 30.3 Å². The molecule has 1 aliphatic carbocycles. The lowest BCUT2D eigenvalue weighted by Gasteiger charge is -2.37. The fraction of sp³-hybridized carbons (Fsp3) is 0.632. The standard InChI is InChI=1S/C19H28N2O2/c22-18(15-19(23)11-5-2-6-12-19)21-13-9-17(10-14-21)20-16-7-3-1-4-8-16/h1,3-4,7-8,17,20,23H,2,5-6,9-15H2. The van der Waals surface area contributed by atoms with Crippen molar-refractivity contribution < 1.29 is 9.90 Å². The van der Waals surface area contributed by atoms with Gasteiger partial charge in [-0.1, -0.05) is 37.5 Å². The third-order valence-electron chi connectivity index (χ3n) is 5.26. The van der Waals surface area contributed by atoms with Gasteiger partial charge in [-0.15, -0.1) is 0 Å². The van der Waals surface area contributed by atoms with Gasteiger partial charge in [0.25, 0.3) is 0 Å². The van der Waals surface area contributed by atoms with E-state index in [-0.39, 0.29) is 5.91 Å². The highest BCUT2D eigenvalue weighted by Crippen LogP contribution is 2.31. The molecule has 23 heavy (non-hydrogen) atoms.